The molecule has 88 valence electrons. The van der Waals surface area contributed by atoms with Gasteiger partial charge in [0.25, 0.3) is 0 Å². The van der Waals surface area contributed by atoms with Gasteiger partial charge in [-0.1, -0.05) is 0 Å². The molecule has 2 unspecified atom stereocenters. The molecule has 0 bridgehead atoms. The number of morpholine rings is 1. The van der Waals surface area contributed by atoms with Crippen LogP contribution in [0.5, 0.6) is 0 Å². The smallest absolute Gasteiger partial charge is 0.129 e. The minimum absolute atomic E-state index is 0.262. The van der Waals surface area contributed by atoms with Gasteiger partial charge in [-0.3, -0.25) is 0 Å². The average molecular weight is 241 g/mol. The Morgan fingerprint density at radius 2 is 2.38 bits per heavy atom. The molecule has 4 heteroatoms. The maximum absolute atomic E-state index is 5.83. The van der Waals surface area contributed by atoms with Crippen molar-refractivity contribution in [1.82, 2.24) is 4.98 Å². The molecule has 1 aromatic rings. The van der Waals surface area contributed by atoms with E-state index in [9.17, 15) is 0 Å². The zero-order valence-corrected chi connectivity index (χ0v) is 10.4. The van der Waals surface area contributed by atoms with E-state index in [1.807, 2.05) is 12.3 Å². The first-order valence-corrected chi connectivity index (χ1v) is 6.13. The number of alkyl halides is 1. The number of hydrogen-bond acceptors (Lipinski definition) is 3. The molecule has 3 nitrogen and oxygen atoms in total. The summed E-state index contributed by atoms with van der Waals surface area (Å²) < 4.78 is 5.60. The molecular formula is C12H17ClN2O. The molecule has 0 aliphatic carbocycles. The summed E-state index contributed by atoms with van der Waals surface area (Å²) in [4.78, 5) is 6.69. The van der Waals surface area contributed by atoms with E-state index in [1.54, 1.807) is 0 Å². The SMILES string of the molecule is CC1CN(c2cc(CCl)ccn2)C(C)CO1. The van der Waals surface area contributed by atoms with Gasteiger partial charge in [0.1, 0.15) is 5.82 Å². The Bertz CT molecular complexity index is 359. The number of hydrogen-bond donors (Lipinski definition) is 0. The van der Waals surface area contributed by atoms with Crippen molar-refractivity contribution in [2.24, 2.45) is 0 Å². The first-order valence-electron chi connectivity index (χ1n) is 5.60. The number of ether oxygens (including phenoxy) is 1. The largest absolute Gasteiger partial charge is 0.375 e. The molecule has 1 aliphatic heterocycles. The summed E-state index contributed by atoms with van der Waals surface area (Å²) >= 11 is 5.83. The van der Waals surface area contributed by atoms with Gasteiger partial charge in [0.2, 0.25) is 0 Å². The summed E-state index contributed by atoms with van der Waals surface area (Å²) in [5, 5.41) is 0. The Kier molecular flexibility index (Phi) is 3.66. The van der Waals surface area contributed by atoms with E-state index in [4.69, 9.17) is 16.3 Å². The number of pyridine rings is 1. The number of anilines is 1. The summed E-state index contributed by atoms with van der Waals surface area (Å²) in [6.07, 6.45) is 2.08. The standard InChI is InChI=1S/C12H17ClN2O/c1-9-8-16-10(2)7-15(9)12-5-11(6-13)3-4-14-12/h3-5,9-10H,6-8H2,1-2H3. The van der Waals surface area contributed by atoms with Crippen molar-refractivity contribution < 1.29 is 4.74 Å². The third-order valence-corrected chi connectivity index (χ3v) is 3.17. The third-order valence-electron chi connectivity index (χ3n) is 2.87. The third kappa shape index (κ3) is 2.47. The minimum atomic E-state index is 0.262. The van der Waals surface area contributed by atoms with Crippen LogP contribution in [0.25, 0.3) is 0 Å². The van der Waals surface area contributed by atoms with E-state index >= 15 is 0 Å². The van der Waals surface area contributed by atoms with Crippen LogP contribution in [-0.2, 0) is 10.6 Å². The molecule has 0 radical (unpaired) electrons. The maximum atomic E-state index is 5.83. The quantitative estimate of drug-likeness (QED) is 0.743. The zero-order valence-electron chi connectivity index (χ0n) is 9.69. The minimum Gasteiger partial charge on any atom is -0.375 e. The predicted molar refractivity (Wildman–Crippen MR) is 66.0 cm³/mol. The lowest BCUT2D eigenvalue weighted by Crippen LogP contribution is -2.47. The molecule has 2 heterocycles. The van der Waals surface area contributed by atoms with Crippen LogP contribution in [-0.4, -0.2) is 30.3 Å². The normalized spacial score (nSPS) is 25.8. The summed E-state index contributed by atoms with van der Waals surface area (Å²) in [5.41, 5.74) is 1.11. The number of rotatable bonds is 2. The van der Waals surface area contributed by atoms with Crippen molar-refractivity contribution in [2.45, 2.75) is 31.9 Å². The van der Waals surface area contributed by atoms with E-state index < -0.39 is 0 Å². The zero-order chi connectivity index (χ0) is 11.5. The van der Waals surface area contributed by atoms with Crippen molar-refractivity contribution in [3.8, 4) is 0 Å². The molecule has 1 aliphatic rings. The Hall–Kier alpha value is -0.800. The molecule has 0 N–H and O–H groups in total. The molecule has 0 spiro atoms. The van der Waals surface area contributed by atoms with Gasteiger partial charge in [-0.15, -0.1) is 11.6 Å². The van der Waals surface area contributed by atoms with Crippen LogP contribution in [0.3, 0.4) is 0 Å². The fourth-order valence-electron chi connectivity index (χ4n) is 1.92. The van der Waals surface area contributed by atoms with Gasteiger partial charge in [-0.05, 0) is 31.5 Å². The van der Waals surface area contributed by atoms with E-state index in [2.05, 4.69) is 29.8 Å². The van der Waals surface area contributed by atoms with E-state index in [1.165, 1.54) is 0 Å². The Labute approximate surface area is 101 Å². The first kappa shape index (κ1) is 11.7. The van der Waals surface area contributed by atoms with Crippen LogP contribution in [0.1, 0.15) is 19.4 Å². The fraction of sp³-hybridized carbons (Fsp3) is 0.583. The fourth-order valence-corrected chi connectivity index (χ4v) is 2.09. The highest BCUT2D eigenvalue weighted by Gasteiger charge is 2.24. The predicted octanol–water partition coefficient (Wildman–Crippen LogP) is 2.43. The van der Waals surface area contributed by atoms with E-state index in [0.29, 0.717) is 11.9 Å². The Morgan fingerprint density at radius 1 is 1.56 bits per heavy atom. The maximum Gasteiger partial charge on any atom is 0.129 e. The van der Waals surface area contributed by atoms with Crippen LogP contribution in [0, 0.1) is 0 Å². The van der Waals surface area contributed by atoms with Crippen molar-refractivity contribution in [2.75, 3.05) is 18.1 Å². The Balaban J connectivity index is 2.20. The number of aromatic nitrogens is 1. The number of nitrogens with zero attached hydrogens (tertiary/aromatic N) is 2. The van der Waals surface area contributed by atoms with Crippen LogP contribution < -0.4 is 4.90 Å². The lowest BCUT2D eigenvalue weighted by molar-refractivity contribution is 0.0340. The van der Waals surface area contributed by atoms with Gasteiger partial charge < -0.3 is 9.64 Å². The molecule has 2 rings (SSSR count). The summed E-state index contributed by atoms with van der Waals surface area (Å²) in [6.45, 7) is 5.89. The topological polar surface area (TPSA) is 25.4 Å². The molecular weight excluding hydrogens is 224 g/mol. The van der Waals surface area contributed by atoms with Crippen molar-refractivity contribution in [3.63, 3.8) is 0 Å². The lowest BCUT2D eigenvalue weighted by Gasteiger charge is -2.37. The first-order chi connectivity index (χ1) is 7.70. The van der Waals surface area contributed by atoms with Crippen LogP contribution in [0.2, 0.25) is 0 Å². The second kappa shape index (κ2) is 5.02. The second-order valence-corrected chi connectivity index (χ2v) is 4.57. The van der Waals surface area contributed by atoms with E-state index in [0.717, 1.165) is 24.5 Å². The van der Waals surface area contributed by atoms with Crippen LogP contribution in [0.15, 0.2) is 18.3 Å². The van der Waals surface area contributed by atoms with E-state index in [-0.39, 0.29) is 6.10 Å². The van der Waals surface area contributed by atoms with Gasteiger partial charge in [-0.25, -0.2) is 4.98 Å². The Morgan fingerprint density at radius 3 is 3.12 bits per heavy atom. The molecule has 1 saturated heterocycles. The van der Waals surface area contributed by atoms with Gasteiger partial charge in [0, 0.05) is 18.6 Å². The van der Waals surface area contributed by atoms with Gasteiger partial charge in [0.15, 0.2) is 0 Å². The highest BCUT2D eigenvalue weighted by molar-refractivity contribution is 6.17. The molecule has 1 fully saturated rings. The molecule has 16 heavy (non-hydrogen) atoms. The highest BCUT2D eigenvalue weighted by atomic mass is 35.5. The van der Waals surface area contributed by atoms with Crippen LogP contribution >= 0.6 is 11.6 Å². The highest BCUT2D eigenvalue weighted by Crippen LogP contribution is 2.20. The molecule has 0 aromatic carbocycles. The lowest BCUT2D eigenvalue weighted by atomic mass is 10.2. The molecule has 0 saturated carbocycles. The second-order valence-electron chi connectivity index (χ2n) is 4.30. The summed E-state index contributed by atoms with van der Waals surface area (Å²) in [7, 11) is 0. The van der Waals surface area contributed by atoms with Crippen molar-refractivity contribution in [3.05, 3.63) is 23.9 Å². The summed E-state index contributed by atoms with van der Waals surface area (Å²) in [5.74, 6) is 1.53. The van der Waals surface area contributed by atoms with Crippen molar-refractivity contribution in [1.29, 1.82) is 0 Å². The average Bonchev–Trinajstić information content (AvgIpc) is 2.32. The molecule has 0 amide bonds. The van der Waals surface area contributed by atoms with Crippen LogP contribution in [0.4, 0.5) is 5.82 Å². The van der Waals surface area contributed by atoms with Gasteiger partial charge in [-0.2, -0.15) is 0 Å². The van der Waals surface area contributed by atoms with Gasteiger partial charge >= 0.3 is 0 Å². The van der Waals surface area contributed by atoms with Crippen molar-refractivity contribution >= 4 is 17.4 Å². The van der Waals surface area contributed by atoms with Gasteiger partial charge in [0.05, 0.1) is 18.8 Å². The molecule has 1 aromatic heterocycles. The monoisotopic (exact) mass is 240 g/mol. The number of halogens is 1. The summed E-state index contributed by atoms with van der Waals surface area (Å²) in [6, 6.07) is 4.38. The molecule has 2 atom stereocenters.